The minimum Gasteiger partial charge on any atom is -0.502 e. The van der Waals surface area contributed by atoms with E-state index >= 15 is 0 Å². The maximum atomic E-state index is 12.6. The van der Waals surface area contributed by atoms with Crippen LogP contribution in [0, 0.1) is 0 Å². The Balaban J connectivity index is 1.66. The van der Waals surface area contributed by atoms with Crippen LogP contribution in [0.5, 0.6) is 11.5 Å². The zero-order valence-electron chi connectivity index (χ0n) is 15.4. The van der Waals surface area contributed by atoms with Gasteiger partial charge in [0.05, 0.1) is 36.6 Å². The first-order valence-electron chi connectivity index (χ1n) is 8.68. The minimum absolute atomic E-state index is 0.164. The number of aromatic hydroxyl groups is 1. The van der Waals surface area contributed by atoms with Crippen LogP contribution in [0.2, 0.25) is 0 Å². The zero-order valence-corrected chi connectivity index (χ0v) is 16.2. The molecule has 0 bridgehead atoms. The molecule has 148 valence electrons. The van der Waals surface area contributed by atoms with Crippen LogP contribution in [0.25, 0.3) is 10.2 Å². The van der Waals surface area contributed by atoms with Gasteiger partial charge in [-0.2, -0.15) is 5.10 Å². The molecule has 4 rings (SSSR count). The van der Waals surface area contributed by atoms with Crippen molar-refractivity contribution in [2.75, 3.05) is 7.11 Å². The predicted molar refractivity (Wildman–Crippen MR) is 108 cm³/mol. The van der Waals surface area contributed by atoms with Gasteiger partial charge in [-0.15, -0.1) is 11.3 Å². The van der Waals surface area contributed by atoms with Crippen molar-refractivity contribution in [2.45, 2.75) is 13.1 Å². The molecule has 0 spiro atoms. The maximum absolute atomic E-state index is 12.6. The summed E-state index contributed by atoms with van der Waals surface area (Å²) in [6, 6.07) is 9.32. The van der Waals surface area contributed by atoms with Crippen molar-refractivity contribution in [3.05, 3.63) is 75.1 Å². The fraction of sp³-hybridized carbons (Fsp3) is 0.150. The second-order valence-corrected chi connectivity index (χ2v) is 7.37. The van der Waals surface area contributed by atoms with E-state index < -0.39 is 17.3 Å². The van der Waals surface area contributed by atoms with Crippen molar-refractivity contribution in [1.29, 1.82) is 0 Å². The van der Waals surface area contributed by atoms with E-state index in [2.05, 4.69) is 5.10 Å². The van der Waals surface area contributed by atoms with Gasteiger partial charge in [0, 0.05) is 11.8 Å². The maximum Gasteiger partial charge on any atom is 0.341 e. The molecule has 0 amide bonds. The highest BCUT2D eigenvalue weighted by molar-refractivity contribution is 7.17. The van der Waals surface area contributed by atoms with Gasteiger partial charge in [0.1, 0.15) is 11.3 Å². The molecule has 29 heavy (non-hydrogen) atoms. The van der Waals surface area contributed by atoms with Gasteiger partial charge in [-0.05, 0) is 29.1 Å². The number of hydrogen-bond donors (Lipinski definition) is 2. The Morgan fingerprint density at radius 1 is 1.24 bits per heavy atom. The lowest BCUT2D eigenvalue weighted by molar-refractivity contribution is 0.0695. The van der Waals surface area contributed by atoms with E-state index in [0.29, 0.717) is 16.8 Å². The molecule has 4 aromatic rings. The lowest BCUT2D eigenvalue weighted by Crippen LogP contribution is -2.22. The van der Waals surface area contributed by atoms with Gasteiger partial charge in [-0.3, -0.25) is 14.0 Å². The lowest BCUT2D eigenvalue weighted by Gasteiger charge is -2.10. The molecular formula is C20H17N3O5S. The number of carboxylic acid groups (broad SMARTS) is 1. The molecule has 9 heteroatoms. The van der Waals surface area contributed by atoms with Crippen molar-refractivity contribution in [3.63, 3.8) is 0 Å². The van der Waals surface area contributed by atoms with E-state index in [9.17, 15) is 19.8 Å². The summed E-state index contributed by atoms with van der Waals surface area (Å²) in [7, 11) is 1.61. The number of aromatic nitrogens is 3. The van der Waals surface area contributed by atoms with Crippen LogP contribution >= 0.6 is 11.3 Å². The standard InChI is InChI=1S/C20H17N3O5S/c1-28-14-4-2-3-12(7-14)9-22-10-13(8-21-22)11-23-15-5-6-29-18(15)16(20(26)27)17(24)19(23)25/h2-8,10,24H,9,11H2,1H3,(H,26,27). The first-order chi connectivity index (χ1) is 14.0. The second kappa shape index (κ2) is 7.44. The first-order valence-corrected chi connectivity index (χ1v) is 9.56. The summed E-state index contributed by atoms with van der Waals surface area (Å²) in [5.74, 6) is -1.32. The number of carboxylic acids is 1. The molecule has 2 N–H and O–H groups in total. The van der Waals surface area contributed by atoms with E-state index in [-0.39, 0.29) is 12.1 Å². The summed E-state index contributed by atoms with van der Waals surface area (Å²) in [5, 5.41) is 25.5. The molecule has 1 aromatic carbocycles. The Labute approximate surface area is 168 Å². The number of ether oxygens (including phenoxy) is 1. The number of pyridine rings is 1. The van der Waals surface area contributed by atoms with Crippen LogP contribution in [0.1, 0.15) is 21.5 Å². The monoisotopic (exact) mass is 411 g/mol. The number of methoxy groups -OCH3 is 1. The van der Waals surface area contributed by atoms with Gasteiger partial charge in [0.15, 0.2) is 5.75 Å². The average Bonchev–Trinajstić information content (AvgIpc) is 3.35. The number of fused-ring (bicyclic) bond motifs is 1. The molecule has 0 radical (unpaired) electrons. The van der Waals surface area contributed by atoms with Gasteiger partial charge in [-0.1, -0.05) is 12.1 Å². The summed E-state index contributed by atoms with van der Waals surface area (Å²) in [4.78, 5) is 24.0. The third kappa shape index (κ3) is 3.47. The average molecular weight is 411 g/mol. The number of thiophene rings is 1. The Bertz CT molecular complexity index is 1270. The van der Waals surface area contributed by atoms with E-state index in [1.165, 1.54) is 15.9 Å². The third-order valence-electron chi connectivity index (χ3n) is 4.57. The second-order valence-electron chi connectivity index (χ2n) is 6.45. The first kappa shape index (κ1) is 18.8. The van der Waals surface area contributed by atoms with Gasteiger partial charge in [-0.25, -0.2) is 4.79 Å². The van der Waals surface area contributed by atoms with Crippen LogP contribution in [-0.2, 0) is 13.1 Å². The highest BCUT2D eigenvalue weighted by atomic mass is 32.1. The molecule has 8 nitrogen and oxygen atoms in total. The van der Waals surface area contributed by atoms with Crippen LogP contribution in [-0.4, -0.2) is 37.6 Å². The molecule has 0 aliphatic heterocycles. The molecule has 0 saturated heterocycles. The van der Waals surface area contributed by atoms with Crippen LogP contribution in [0.3, 0.4) is 0 Å². The normalized spacial score (nSPS) is 11.1. The molecule has 0 saturated carbocycles. The molecular weight excluding hydrogens is 394 g/mol. The fourth-order valence-corrected chi connectivity index (χ4v) is 4.16. The quantitative estimate of drug-likeness (QED) is 0.505. The summed E-state index contributed by atoms with van der Waals surface area (Å²) in [6.45, 7) is 0.695. The Hall–Kier alpha value is -3.59. The highest BCUT2D eigenvalue weighted by Gasteiger charge is 2.22. The number of hydrogen-bond acceptors (Lipinski definition) is 6. The van der Waals surface area contributed by atoms with Crippen molar-refractivity contribution in [3.8, 4) is 11.5 Å². The molecule has 0 atom stereocenters. The summed E-state index contributed by atoms with van der Waals surface area (Å²) < 4.78 is 8.69. The zero-order chi connectivity index (χ0) is 20.5. The van der Waals surface area contributed by atoms with Gasteiger partial charge in [0.2, 0.25) is 0 Å². The van der Waals surface area contributed by atoms with Crippen LogP contribution in [0.15, 0.2) is 52.9 Å². The summed E-state index contributed by atoms with van der Waals surface area (Å²) in [6.07, 6.45) is 3.46. The van der Waals surface area contributed by atoms with Crippen LogP contribution < -0.4 is 10.3 Å². The van der Waals surface area contributed by atoms with Gasteiger partial charge < -0.3 is 14.9 Å². The highest BCUT2D eigenvalue weighted by Crippen LogP contribution is 2.29. The summed E-state index contributed by atoms with van der Waals surface area (Å²) in [5.41, 5.74) is 1.14. The van der Waals surface area contributed by atoms with Crippen molar-refractivity contribution >= 4 is 27.5 Å². The molecule has 0 fully saturated rings. The molecule has 0 aliphatic rings. The lowest BCUT2D eigenvalue weighted by atomic mass is 10.2. The van der Waals surface area contributed by atoms with E-state index in [1.54, 1.807) is 29.4 Å². The SMILES string of the molecule is COc1cccc(Cn2cc(Cn3c(=O)c(O)c(C(=O)O)c4sccc43)cn2)c1. The number of benzene rings is 1. The number of nitrogens with zero attached hydrogens (tertiary/aromatic N) is 3. The van der Waals surface area contributed by atoms with E-state index in [0.717, 1.165) is 16.9 Å². The van der Waals surface area contributed by atoms with Crippen molar-refractivity contribution in [1.82, 2.24) is 14.3 Å². The predicted octanol–water partition coefficient (Wildman–Crippen LogP) is 2.77. The number of rotatable bonds is 6. The summed E-state index contributed by atoms with van der Waals surface area (Å²) >= 11 is 1.17. The van der Waals surface area contributed by atoms with Crippen LogP contribution in [0.4, 0.5) is 0 Å². The van der Waals surface area contributed by atoms with E-state index in [1.807, 2.05) is 30.5 Å². The molecule has 0 unspecified atom stereocenters. The van der Waals surface area contributed by atoms with Crippen molar-refractivity contribution in [2.24, 2.45) is 0 Å². The van der Waals surface area contributed by atoms with Crippen molar-refractivity contribution < 1.29 is 19.7 Å². The van der Waals surface area contributed by atoms with E-state index in [4.69, 9.17) is 4.74 Å². The third-order valence-corrected chi connectivity index (χ3v) is 5.49. The smallest absolute Gasteiger partial charge is 0.341 e. The molecule has 3 heterocycles. The number of carbonyl (C=O) groups is 1. The topological polar surface area (TPSA) is 107 Å². The van der Waals surface area contributed by atoms with Gasteiger partial charge in [0.25, 0.3) is 5.56 Å². The Morgan fingerprint density at radius 3 is 2.83 bits per heavy atom. The number of aromatic carboxylic acids is 1. The Morgan fingerprint density at radius 2 is 2.07 bits per heavy atom. The van der Waals surface area contributed by atoms with Gasteiger partial charge >= 0.3 is 5.97 Å². The largest absolute Gasteiger partial charge is 0.502 e. The fourth-order valence-electron chi connectivity index (χ4n) is 3.22. The Kier molecular flexibility index (Phi) is 4.81. The molecule has 3 aromatic heterocycles. The molecule has 0 aliphatic carbocycles. The minimum atomic E-state index is -1.33.